The molecule has 0 radical (unpaired) electrons. The molecule has 3 N–H and O–H groups in total. The number of anilines is 3. The summed E-state index contributed by atoms with van der Waals surface area (Å²) in [6, 6.07) is 7.57. The summed E-state index contributed by atoms with van der Waals surface area (Å²) in [4.78, 5) is 4.01. The van der Waals surface area contributed by atoms with Crippen molar-refractivity contribution in [3.05, 3.63) is 47.2 Å². The molecule has 2 heterocycles. The molecule has 0 bridgehead atoms. The number of benzene rings is 1. The van der Waals surface area contributed by atoms with Gasteiger partial charge in [-0.25, -0.2) is 0 Å². The zero-order chi connectivity index (χ0) is 13.4. The van der Waals surface area contributed by atoms with Gasteiger partial charge in [-0.1, -0.05) is 11.6 Å². The first-order valence-electron chi connectivity index (χ1n) is 5.80. The largest absolute Gasteiger partial charge is 0.437 e. The average Bonchev–Trinajstić information content (AvgIpc) is 2.71. The van der Waals surface area contributed by atoms with Gasteiger partial charge in [0.1, 0.15) is 5.69 Å². The maximum absolute atomic E-state index is 6.01. The molecule has 0 aliphatic carbocycles. The first-order valence-corrected chi connectivity index (χ1v) is 6.18. The zero-order valence-electron chi connectivity index (χ0n) is 10.3. The van der Waals surface area contributed by atoms with Crippen LogP contribution in [0, 0.1) is 6.92 Å². The number of rotatable bonds is 2. The number of halogens is 1. The zero-order valence-corrected chi connectivity index (χ0v) is 11.0. The summed E-state index contributed by atoms with van der Waals surface area (Å²) in [6.45, 7) is 1.95. The molecule has 0 saturated heterocycles. The number of nitrogens with one attached hydrogen (secondary N) is 1. The van der Waals surface area contributed by atoms with Gasteiger partial charge in [0.05, 0.1) is 6.20 Å². The molecule has 0 aliphatic rings. The van der Waals surface area contributed by atoms with Gasteiger partial charge in [0.25, 0.3) is 0 Å². The van der Waals surface area contributed by atoms with E-state index in [0.717, 1.165) is 27.3 Å². The molecular formula is C14H12ClN3O. The van der Waals surface area contributed by atoms with E-state index in [9.17, 15) is 0 Å². The molecule has 2 aromatic heterocycles. The Morgan fingerprint density at radius 2 is 2.16 bits per heavy atom. The number of nitrogens with two attached hydrogens (primary N) is 1. The highest BCUT2D eigenvalue weighted by Gasteiger charge is 2.11. The third kappa shape index (κ3) is 2.11. The summed E-state index contributed by atoms with van der Waals surface area (Å²) in [6.07, 6.45) is 3.35. The lowest BCUT2D eigenvalue weighted by Gasteiger charge is -2.07. The van der Waals surface area contributed by atoms with E-state index in [-0.39, 0.29) is 0 Å². The molecule has 0 fully saturated rings. The Balaban J connectivity index is 2.05. The highest BCUT2D eigenvalue weighted by molar-refractivity contribution is 6.31. The summed E-state index contributed by atoms with van der Waals surface area (Å²) in [5.74, 6) is 0.343. The second-order valence-corrected chi connectivity index (χ2v) is 4.71. The normalized spacial score (nSPS) is 10.8. The lowest BCUT2D eigenvalue weighted by Crippen LogP contribution is -1.94. The molecule has 1 aromatic carbocycles. The number of pyridine rings is 1. The molecule has 3 aromatic rings. The Hall–Kier alpha value is -2.20. The van der Waals surface area contributed by atoms with Crippen molar-refractivity contribution in [2.45, 2.75) is 6.92 Å². The molecule has 19 heavy (non-hydrogen) atoms. The van der Waals surface area contributed by atoms with Crippen molar-refractivity contribution in [1.29, 1.82) is 0 Å². The first-order chi connectivity index (χ1) is 9.15. The predicted molar refractivity (Wildman–Crippen MR) is 77.9 cm³/mol. The standard InChI is InChI=1S/C14H12ClN3O/c1-8-6-9(2-3-11(8)15)18-13-10-4-5-17-7-12(10)19-14(13)16/h2-7,18H,16H2,1H3. The van der Waals surface area contributed by atoms with Crippen LogP contribution in [0.1, 0.15) is 5.56 Å². The maximum Gasteiger partial charge on any atom is 0.215 e. The highest BCUT2D eigenvalue weighted by atomic mass is 35.5. The fraction of sp³-hybridized carbons (Fsp3) is 0.0714. The van der Waals surface area contributed by atoms with Crippen LogP contribution < -0.4 is 11.1 Å². The minimum Gasteiger partial charge on any atom is -0.437 e. The fourth-order valence-electron chi connectivity index (χ4n) is 1.97. The molecular weight excluding hydrogens is 262 g/mol. The molecule has 0 unspecified atom stereocenters. The fourth-order valence-corrected chi connectivity index (χ4v) is 2.08. The average molecular weight is 274 g/mol. The Kier molecular flexibility index (Phi) is 2.80. The van der Waals surface area contributed by atoms with Crippen LogP contribution in [0.3, 0.4) is 0 Å². The van der Waals surface area contributed by atoms with Crippen molar-refractivity contribution in [3.8, 4) is 0 Å². The van der Waals surface area contributed by atoms with Crippen molar-refractivity contribution in [3.63, 3.8) is 0 Å². The summed E-state index contributed by atoms with van der Waals surface area (Å²) in [7, 11) is 0. The molecule has 0 amide bonds. The molecule has 0 saturated carbocycles. The number of hydrogen-bond donors (Lipinski definition) is 2. The van der Waals surface area contributed by atoms with Gasteiger partial charge in [-0.05, 0) is 36.8 Å². The van der Waals surface area contributed by atoms with E-state index in [1.54, 1.807) is 12.4 Å². The van der Waals surface area contributed by atoms with Gasteiger partial charge in [0.2, 0.25) is 5.88 Å². The monoisotopic (exact) mass is 273 g/mol. The van der Waals surface area contributed by atoms with E-state index >= 15 is 0 Å². The minimum absolute atomic E-state index is 0.343. The number of furan rings is 1. The summed E-state index contributed by atoms with van der Waals surface area (Å²) >= 11 is 6.01. The maximum atomic E-state index is 6.01. The number of nitrogen functional groups attached to an aromatic ring is 1. The van der Waals surface area contributed by atoms with E-state index in [2.05, 4.69) is 10.3 Å². The molecule has 5 heteroatoms. The Morgan fingerprint density at radius 1 is 1.32 bits per heavy atom. The molecule has 0 atom stereocenters. The Bertz CT molecular complexity index is 752. The van der Waals surface area contributed by atoms with Gasteiger partial charge >= 0.3 is 0 Å². The highest BCUT2D eigenvalue weighted by Crippen LogP contribution is 2.35. The van der Waals surface area contributed by atoms with E-state index in [1.165, 1.54) is 0 Å². The van der Waals surface area contributed by atoms with E-state index in [4.69, 9.17) is 21.8 Å². The van der Waals surface area contributed by atoms with Crippen LogP contribution in [0.2, 0.25) is 5.02 Å². The summed E-state index contributed by atoms with van der Waals surface area (Å²) in [5.41, 5.74) is 9.21. The lowest BCUT2D eigenvalue weighted by atomic mass is 10.2. The van der Waals surface area contributed by atoms with Gasteiger partial charge in [0.15, 0.2) is 5.58 Å². The van der Waals surface area contributed by atoms with Crippen LogP contribution in [0.15, 0.2) is 41.1 Å². The summed E-state index contributed by atoms with van der Waals surface area (Å²) in [5, 5.41) is 4.90. The molecule has 4 nitrogen and oxygen atoms in total. The summed E-state index contributed by atoms with van der Waals surface area (Å²) < 4.78 is 5.45. The second-order valence-electron chi connectivity index (χ2n) is 4.30. The van der Waals surface area contributed by atoms with E-state index in [1.807, 2.05) is 31.2 Å². The molecule has 0 spiro atoms. The van der Waals surface area contributed by atoms with Crippen molar-refractivity contribution in [1.82, 2.24) is 4.98 Å². The van der Waals surface area contributed by atoms with Crippen LogP contribution >= 0.6 is 11.6 Å². The van der Waals surface area contributed by atoms with Crippen LogP contribution in [-0.4, -0.2) is 4.98 Å². The van der Waals surface area contributed by atoms with Gasteiger partial charge in [-0.15, -0.1) is 0 Å². The van der Waals surface area contributed by atoms with Gasteiger partial charge in [-0.3, -0.25) is 4.98 Å². The molecule has 3 rings (SSSR count). The van der Waals surface area contributed by atoms with E-state index in [0.29, 0.717) is 11.5 Å². The van der Waals surface area contributed by atoms with E-state index < -0.39 is 0 Å². The quantitative estimate of drug-likeness (QED) is 0.737. The van der Waals surface area contributed by atoms with Crippen LogP contribution in [0.4, 0.5) is 17.3 Å². The lowest BCUT2D eigenvalue weighted by molar-refractivity contribution is 0.636. The van der Waals surface area contributed by atoms with Crippen LogP contribution in [0.5, 0.6) is 0 Å². The smallest absolute Gasteiger partial charge is 0.215 e. The number of aromatic nitrogens is 1. The van der Waals surface area contributed by atoms with Crippen LogP contribution in [0.25, 0.3) is 11.0 Å². The Morgan fingerprint density at radius 3 is 2.95 bits per heavy atom. The second kappa shape index (κ2) is 4.48. The minimum atomic E-state index is 0.343. The molecule has 96 valence electrons. The topological polar surface area (TPSA) is 64.1 Å². The predicted octanol–water partition coefficient (Wildman–Crippen LogP) is 4.12. The van der Waals surface area contributed by atoms with Crippen molar-refractivity contribution in [2.24, 2.45) is 0 Å². The van der Waals surface area contributed by atoms with Crippen molar-refractivity contribution in [2.75, 3.05) is 11.1 Å². The molecule has 0 aliphatic heterocycles. The number of nitrogens with zero attached hydrogens (tertiary/aromatic N) is 1. The number of hydrogen-bond acceptors (Lipinski definition) is 4. The number of aryl methyl sites for hydroxylation is 1. The number of fused-ring (bicyclic) bond motifs is 1. The van der Waals surface area contributed by atoms with Crippen molar-refractivity contribution >= 4 is 39.8 Å². The van der Waals surface area contributed by atoms with Gasteiger partial charge < -0.3 is 15.5 Å². The third-order valence-electron chi connectivity index (χ3n) is 2.95. The first kappa shape index (κ1) is 11.9. The third-order valence-corrected chi connectivity index (χ3v) is 3.37. The Labute approximate surface area is 115 Å². The van der Waals surface area contributed by atoms with Gasteiger partial charge in [0, 0.05) is 22.3 Å². The SMILES string of the molecule is Cc1cc(Nc2c(N)oc3cnccc23)ccc1Cl. The van der Waals surface area contributed by atoms with Gasteiger partial charge in [-0.2, -0.15) is 0 Å². The van der Waals surface area contributed by atoms with Crippen LogP contribution in [-0.2, 0) is 0 Å². The van der Waals surface area contributed by atoms with Crippen molar-refractivity contribution < 1.29 is 4.42 Å².